The van der Waals surface area contributed by atoms with Crippen molar-refractivity contribution in [2.24, 2.45) is 16.1 Å². The number of carbonyl (C=O) groups is 1. The molecule has 32 heavy (non-hydrogen) atoms. The zero-order valence-corrected chi connectivity index (χ0v) is 17.9. The normalized spacial score (nSPS) is 21.6. The van der Waals surface area contributed by atoms with E-state index in [-0.39, 0.29) is 18.0 Å². The van der Waals surface area contributed by atoms with Crippen LogP contribution in [-0.4, -0.2) is 34.0 Å². The lowest BCUT2D eigenvalue weighted by atomic mass is 10.1. The molecule has 1 saturated carbocycles. The van der Waals surface area contributed by atoms with Crippen molar-refractivity contribution in [2.75, 3.05) is 12.4 Å². The predicted octanol–water partition coefficient (Wildman–Crippen LogP) is 3.63. The Morgan fingerprint density at radius 2 is 2.25 bits per heavy atom. The van der Waals surface area contributed by atoms with Crippen LogP contribution in [0.15, 0.2) is 58.9 Å². The molecule has 3 aromatic rings. The van der Waals surface area contributed by atoms with Crippen LogP contribution in [0, 0.1) is 12.8 Å². The minimum atomic E-state index is -0.333. The number of aromatic nitrogens is 2. The van der Waals surface area contributed by atoms with E-state index in [1.807, 2.05) is 49.5 Å². The van der Waals surface area contributed by atoms with Crippen LogP contribution in [0.4, 0.5) is 5.69 Å². The summed E-state index contributed by atoms with van der Waals surface area (Å²) in [7, 11) is 1.56. The SMILES string of the molecule is CO/N=C1/CCC(C2=NC(c3ccc(C)c(NC(=O)c4cnc5ccccn45)c3)NO2)C1. The number of hydrogen-bond acceptors (Lipinski definition) is 7. The third-order valence-electron chi connectivity index (χ3n) is 5.84. The lowest BCUT2D eigenvalue weighted by Crippen LogP contribution is -2.19. The lowest BCUT2D eigenvalue weighted by molar-refractivity contribution is 0.102. The Labute approximate surface area is 185 Å². The topological polar surface area (TPSA) is 102 Å². The maximum Gasteiger partial charge on any atom is 0.274 e. The first kappa shape index (κ1) is 20.2. The van der Waals surface area contributed by atoms with Crippen molar-refractivity contribution < 1.29 is 14.5 Å². The Morgan fingerprint density at radius 1 is 1.34 bits per heavy atom. The number of nitrogens with zero attached hydrogens (tertiary/aromatic N) is 4. The zero-order valence-electron chi connectivity index (χ0n) is 17.9. The van der Waals surface area contributed by atoms with Gasteiger partial charge in [0.05, 0.1) is 11.9 Å². The number of fused-ring (bicyclic) bond motifs is 1. The Kier molecular flexibility index (Phi) is 5.32. The van der Waals surface area contributed by atoms with Crippen LogP contribution in [0.2, 0.25) is 0 Å². The van der Waals surface area contributed by atoms with Gasteiger partial charge < -0.3 is 15.0 Å². The van der Waals surface area contributed by atoms with E-state index >= 15 is 0 Å². The van der Waals surface area contributed by atoms with E-state index in [1.54, 1.807) is 17.7 Å². The van der Waals surface area contributed by atoms with E-state index in [1.165, 1.54) is 0 Å². The molecule has 1 fully saturated rings. The largest absolute Gasteiger partial charge is 0.399 e. The molecule has 1 aromatic carbocycles. The Bertz CT molecular complexity index is 1230. The van der Waals surface area contributed by atoms with Crippen molar-refractivity contribution >= 4 is 28.9 Å². The van der Waals surface area contributed by atoms with Gasteiger partial charge in [-0.15, -0.1) is 5.48 Å². The van der Waals surface area contributed by atoms with Crippen LogP contribution in [0.5, 0.6) is 0 Å². The van der Waals surface area contributed by atoms with Crippen molar-refractivity contribution in [3.8, 4) is 0 Å². The smallest absolute Gasteiger partial charge is 0.274 e. The molecule has 9 heteroatoms. The monoisotopic (exact) mass is 432 g/mol. The van der Waals surface area contributed by atoms with Gasteiger partial charge in [-0.1, -0.05) is 23.4 Å². The molecular formula is C23H24N6O3. The van der Waals surface area contributed by atoms with Gasteiger partial charge in [0.25, 0.3) is 5.91 Å². The van der Waals surface area contributed by atoms with Gasteiger partial charge in [-0.05, 0) is 49.1 Å². The number of oxime groups is 1. The van der Waals surface area contributed by atoms with Crippen molar-refractivity contribution in [3.63, 3.8) is 0 Å². The van der Waals surface area contributed by atoms with Crippen LogP contribution in [0.3, 0.4) is 0 Å². The highest BCUT2D eigenvalue weighted by Crippen LogP contribution is 2.31. The summed E-state index contributed by atoms with van der Waals surface area (Å²) in [5.74, 6) is 0.661. The highest BCUT2D eigenvalue weighted by Gasteiger charge is 2.32. The van der Waals surface area contributed by atoms with Gasteiger partial charge in [0, 0.05) is 24.2 Å². The zero-order chi connectivity index (χ0) is 22.1. The van der Waals surface area contributed by atoms with Crippen LogP contribution in [-0.2, 0) is 9.68 Å². The molecular weight excluding hydrogens is 408 g/mol. The Hall–Kier alpha value is -3.72. The van der Waals surface area contributed by atoms with Crippen molar-refractivity contribution in [2.45, 2.75) is 32.4 Å². The molecule has 164 valence electrons. The van der Waals surface area contributed by atoms with E-state index in [2.05, 4.69) is 20.9 Å². The van der Waals surface area contributed by atoms with Gasteiger partial charge in [-0.25, -0.2) is 9.98 Å². The molecule has 1 aliphatic carbocycles. The first-order chi connectivity index (χ1) is 15.6. The molecule has 2 aliphatic rings. The number of pyridine rings is 1. The summed E-state index contributed by atoms with van der Waals surface area (Å²) in [5, 5.41) is 7.06. The maximum absolute atomic E-state index is 12.9. The van der Waals surface area contributed by atoms with E-state index in [9.17, 15) is 4.79 Å². The number of benzene rings is 1. The number of rotatable bonds is 5. The van der Waals surface area contributed by atoms with Gasteiger partial charge in [-0.3, -0.25) is 9.20 Å². The van der Waals surface area contributed by atoms with Gasteiger partial charge in [0.15, 0.2) is 6.17 Å². The fraction of sp³-hybridized carbons (Fsp3) is 0.304. The van der Waals surface area contributed by atoms with Crippen molar-refractivity contribution in [1.82, 2.24) is 14.9 Å². The Morgan fingerprint density at radius 3 is 3.12 bits per heavy atom. The second kappa shape index (κ2) is 8.43. The molecule has 2 atom stereocenters. The van der Waals surface area contributed by atoms with Crippen molar-refractivity contribution in [1.29, 1.82) is 0 Å². The summed E-state index contributed by atoms with van der Waals surface area (Å²) < 4.78 is 1.76. The number of anilines is 1. The average Bonchev–Trinajstić information content (AvgIpc) is 3.54. The third kappa shape index (κ3) is 3.82. The van der Waals surface area contributed by atoms with Crippen LogP contribution in [0.1, 0.15) is 47.0 Å². The molecule has 0 spiro atoms. The second-order valence-corrected chi connectivity index (χ2v) is 7.97. The van der Waals surface area contributed by atoms with Gasteiger partial charge in [0.1, 0.15) is 18.5 Å². The highest BCUT2D eigenvalue weighted by molar-refractivity contribution is 6.04. The molecule has 0 bridgehead atoms. The molecule has 0 saturated heterocycles. The minimum Gasteiger partial charge on any atom is -0.399 e. The molecule has 2 N–H and O–H groups in total. The molecule has 2 aromatic heterocycles. The first-order valence-corrected chi connectivity index (χ1v) is 10.6. The number of aryl methyl sites for hydroxylation is 1. The van der Waals surface area contributed by atoms with E-state index in [4.69, 9.17) is 14.7 Å². The van der Waals surface area contributed by atoms with Crippen LogP contribution in [0.25, 0.3) is 5.65 Å². The summed E-state index contributed by atoms with van der Waals surface area (Å²) in [4.78, 5) is 32.5. The minimum absolute atomic E-state index is 0.196. The fourth-order valence-electron chi connectivity index (χ4n) is 4.11. The predicted molar refractivity (Wildman–Crippen MR) is 121 cm³/mol. The average molecular weight is 432 g/mol. The summed E-state index contributed by atoms with van der Waals surface area (Å²) >= 11 is 0. The third-order valence-corrected chi connectivity index (χ3v) is 5.84. The number of imidazole rings is 1. The summed E-state index contributed by atoms with van der Waals surface area (Å²) in [6.45, 7) is 1.95. The fourth-order valence-corrected chi connectivity index (χ4v) is 4.11. The molecule has 2 unspecified atom stereocenters. The number of carbonyl (C=O) groups excluding carboxylic acids is 1. The first-order valence-electron chi connectivity index (χ1n) is 10.6. The molecule has 0 radical (unpaired) electrons. The molecule has 5 rings (SSSR count). The van der Waals surface area contributed by atoms with Crippen LogP contribution >= 0.6 is 0 Å². The van der Waals surface area contributed by atoms with E-state index in [0.29, 0.717) is 11.6 Å². The van der Waals surface area contributed by atoms with Crippen molar-refractivity contribution in [3.05, 3.63) is 65.6 Å². The molecule has 1 amide bonds. The lowest BCUT2D eigenvalue weighted by Gasteiger charge is -2.12. The van der Waals surface area contributed by atoms with E-state index in [0.717, 1.165) is 47.4 Å². The maximum atomic E-state index is 12.9. The highest BCUT2D eigenvalue weighted by atomic mass is 16.7. The summed E-state index contributed by atoms with van der Waals surface area (Å²) in [5.41, 5.74) is 7.81. The number of hydrogen-bond donors (Lipinski definition) is 2. The summed E-state index contributed by atoms with van der Waals surface area (Å²) in [6.07, 6.45) is 5.67. The molecule has 3 heterocycles. The second-order valence-electron chi connectivity index (χ2n) is 7.97. The van der Waals surface area contributed by atoms with Crippen LogP contribution < -0.4 is 10.8 Å². The number of aliphatic imine (C=N–C) groups is 1. The molecule has 9 nitrogen and oxygen atoms in total. The number of amides is 1. The standard InChI is InChI=1S/C23H24N6O3/c1-14-6-7-15(21-26-23(32-28-21)16-8-9-17(11-16)27-31-2)12-18(14)25-22(30)19-13-24-20-5-3-4-10-29(19)20/h3-7,10,12-13,16,21,28H,8-9,11H2,1-2H3,(H,25,30)/b27-17-. The number of nitrogens with one attached hydrogen (secondary N) is 2. The summed E-state index contributed by atoms with van der Waals surface area (Å²) in [6, 6.07) is 11.5. The Balaban J connectivity index is 1.34. The van der Waals surface area contributed by atoms with Gasteiger partial charge in [0.2, 0.25) is 5.90 Å². The van der Waals surface area contributed by atoms with Gasteiger partial charge in [-0.2, -0.15) is 0 Å². The number of hydroxylamine groups is 1. The van der Waals surface area contributed by atoms with Gasteiger partial charge >= 0.3 is 0 Å². The molecule has 1 aliphatic heterocycles. The van der Waals surface area contributed by atoms with E-state index < -0.39 is 0 Å². The quantitative estimate of drug-likeness (QED) is 0.600.